The Morgan fingerprint density at radius 2 is 1.91 bits per heavy atom. The zero-order chi connectivity index (χ0) is 17.6. The maximum absolute atomic E-state index is 12.5. The lowest BCUT2D eigenvalue weighted by Crippen LogP contribution is -2.34. The largest absolute Gasteiger partial charge is 0.481 e. The maximum Gasteiger partial charge on any atom is 0.308 e. The van der Waals surface area contributed by atoms with E-state index in [0.29, 0.717) is 6.42 Å². The van der Waals surface area contributed by atoms with Crippen molar-refractivity contribution in [3.63, 3.8) is 0 Å². The van der Waals surface area contributed by atoms with Crippen LogP contribution in [-0.2, 0) is 14.8 Å². The molecule has 1 rings (SSSR count). The molecule has 1 atom stereocenters. The first-order valence-electron chi connectivity index (χ1n) is 7.25. The first-order valence-corrected chi connectivity index (χ1v) is 8.91. The molecule has 8 heteroatoms. The topological polar surface area (TPSA) is 104 Å². The van der Waals surface area contributed by atoms with Crippen molar-refractivity contribution in [2.45, 2.75) is 20.3 Å². The number of carbonyl (C=O) groups excluding carboxylic acids is 1. The van der Waals surface area contributed by atoms with Gasteiger partial charge in [0.2, 0.25) is 10.0 Å². The molecule has 1 aromatic carbocycles. The van der Waals surface area contributed by atoms with Crippen LogP contribution in [0.3, 0.4) is 0 Å². The summed E-state index contributed by atoms with van der Waals surface area (Å²) < 4.78 is 26.2. The van der Waals surface area contributed by atoms with E-state index in [1.54, 1.807) is 19.1 Å². The summed E-state index contributed by atoms with van der Waals surface area (Å²) in [6, 6.07) is 6.27. The number of nitrogens with one attached hydrogen (secondary N) is 1. The van der Waals surface area contributed by atoms with E-state index in [0.717, 1.165) is 0 Å². The van der Waals surface area contributed by atoms with Crippen molar-refractivity contribution in [2.24, 2.45) is 5.92 Å². The molecule has 7 nitrogen and oxygen atoms in total. The molecule has 0 aliphatic heterocycles. The Bertz CT molecular complexity index is 672. The van der Waals surface area contributed by atoms with E-state index in [9.17, 15) is 18.0 Å². The van der Waals surface area contributed by atoms with Crippen molar-refractivity contribution in [2.75, 3.05) is 24.1 Å². The summed E-state index contributed by atoms with van der Waals surface area (Å²) in [5.41, 5.74) is 0.382. The molecule has 0 bridgehead atoms. The predicted octanol–water partition coefficient (Wildman–Crippen LogP) is 1.63. The second-order valence-corrected chi connectivity index (χ2v) is 7.23. The highest BCUT2D eigenvalue weighted by Crippen LogP contribution is 2.19. The van der Waals surface area contributed by atoms with Gasteiger partial charge in [0.1, 0.15) is 0 Å². The number of hydrogen-bond donors (Lipinski definition) is 2. The van der Waals surface area contributed by atoms with Crippen molar-refractivity contribution >= 4 is 27.6 Å². The highest BCUT2D eigenvalue weighted by Gasteiger charge is 2.21. The third kappa shape index (κ3) is 5.55. The summed E-state index contributed by atoms with van der Waals surface area (Å²) in [6.45, 7) is 3.28. The van der Waals surface area contributed by atoms with Crippen LogP contribution in [0.5, 0.6) is 0 Å². The third-order valence-electron chi connectivity index (χ3n) is 3.21. The molecule has 0 radical (unpaired) electrons. The van der Waals surface area contributed by atoms with Crippen molar-refractivity contribution < 1.29 is 23.1 Å². The Morgan fingerprint density at radius 3 is 2.48 bits per heavy atom. The Labute approximate surface area is 136 Å². The fourth-order valence-electron chi connectivity index (χ4n) is 2.02. The van der Waals surface area contributed by atoms with E-state index in [-0.39, 0.29) is 23.5 Å². The molecule has 23 heavy (non-hydrogen) atoms. The van der Waals surface area contributed by atoms with Gasteiger partial charge in [-0.05, 0) is 18.6 Å². The summed E-state index contributed by atoms with van der Waals surface area (Å²) in [5.74, 6) is -2.19. The molecule has 0 saturated heterocycles. The minimum atomic E-state index is -3.52. The van der Waals surface area contributed by atoms with Crippen LogP contribution in [0.4, 0.5) is 5.69 Å². The van der Waals surface area contributed by atoms with Gasteiger partial charge in [0.15, 0.2) is 0 Å². The summed E-state index contributed by atoms with van der Waals surface area (Å²) in [6.07, 6.45) is 0.460. The molecule has 0 aromatic heterocycles. The number of anilines is 1. The monoisotopic (exact) mass is 342 g/mol. The number of carboxylic acid groups (broad SMARTS) is 1. The summed E-state index contributed by atoms with van der Waals surface area (Å²) in [5, 5.41) is 8.92. The average molecular weight is 342 g/mol. The van der Waals surface area contributed by atoms with E-state index in [4.69, 9.17) is 5.11 Å². The van der Waals surface area contributed by atoms with Gasteiger partial charge in [0.05, 0.1) is 22.9 Å². The van der Waals surface area contributed by atoms with Gasteiger partial charge in [-0.2, -0.15) is 0 Å². The number of benzene rings is 1. The van der Waals surface area contributed by atoms with Crippen LogP contribution >= 0.6 is 0 Å². The molecule has 0 fully saturated rings. The molecule has 1 aromatic rings. The number of carbonyl (C=O) groups is 2. The van der Waals surface area contributed by atoms with Gasteiger partial charge in [-0.1, -0.05) is 26.0 Å². The van der Waals surface area contributed by atoms with Crippen molar-refractivity contribution in [3.8, 4) is 0 Å². The Kier molecular flexibility index (Phi) is 6.56. The van der Waals surface area contributed by atoms with Gasteiger partial charge in [-0.15, -0.1) is 0 Å². The lowest BCUT2D eigenvalue weighted by atomic mass is 10.1. The smallest absolute Gasteiger partial charge is 0.308 e. The number of nitrogens with zero attached hydrogens (tertiary/aromatic N) is 1. The van der Waals surface area contributed by atoms with E-state index >= 15 is 0 Å². The number of sulfonamides is 1. The van der Waals surface area contributed by atoms with E-state index in [2.05, 4.69) is 4.72 Å². The Hall–Kier alpha value is -2.09. The minimum Gasteiger partial charge on any atom is -0.481 e. The molecule has 0 aliphatic rings. The lowest BCUT2D eigenvalue weighted by molar-refractivity contribution is -0.141. The van der Waals surface area contributed by atoms with Crippen molar-refractivity contribution in [1.82, 2.24) is 4.90 Å². The normalized spacial score (nSPS) is 12.5. The van der Waals surface area contributed by atoms with Crippen LogP contribution < -0.4 is 4.72 Å². The minimum absolute atomic E-state index is 0.0320. The van der Waals surface area contributed by atoms with Crippen LogP contribution in [0.25, 0.3) is 0 Å². The number of amides is 1. The molecule has 0 aliphatic carbocycles. The molecule has 128 valence electrons. The Balaban J connectivity index is 3.00. The van der Waals surface area contributed by atoms with E-state index < -0.39 is 27.8 Å². The molecule has 1 unspecified atom stereocenters. The summed E-state index contributed by atoms with van der Waals surface area (Å²) in [4.78, 5) is 24.6. The van der Waals surface area contributed by atoms with E-state index in [1.165, 1.54) is 31.0 Å². The predicted molar refractivity (Wildman–Crippen MR) is 87.9 cm³/mol. The SMILES string of the molecule is CCCS(=O)(=O)Nc1ccccc1C(=O)N(C)CC(C)C(=O)O. The van der Waals surface area contributed by atoms with Crippen LogP contribution in [-0.4, -0.2) is 49.6 Å². The first-order chi connectivity index (χ1) is 10.7. The third-order valence-corrected chi connectivity index (χ3v) is 4.69. The van der Waals surface area contributed by atoms with Gasteiger partial charge >= 0.3 is 5.97 Å². The average Bonchev–Trinajstić information content (AvgIpc) is 2.46. The van der Waals surface area contributed by atoms with Gasteiger partial charge in [-0.3, -0.25) is 14.3 Å². The fourth-order valence-corrected chi connectivity index (χ4v) is 3.18. The fraction of sp³-hybridized carbons (Fsp3) is 0.467. The molecular formula is C15H22N2O5S. The maximum atomic E-state index is 12.5. The van der Waals surface area contributed by atoms with Gasteiger partial charge in [-0.25, -0.2) is 8.42 Å². The van der Waals surface area contributed by atoms with Gasteiger partial charge in [0.25, 0.3) is 5.91 Å². The molecule has 0 heterocycles. The summed E-state index contributed by atoms with van der Waals surface area (Å²) >= 11 is 0. The lowest BCUT2D eigenvalue weighted by Gasteiger charge is -2.21. The van der Waals surface area contributed by atoms with E-state index in [1.807, 2.05) is 0 Å². The first kappa shape index (κ1) is 19.0. The number of rotatable bonds is 8. The second-order valence-electron chi connectivity index (χ2n) is 5.39. The zero-order valence-electron chi connectivity index (χ0n) is 13.4. The van der Waals surface area contributed by atoms with Crippen LogP contribution in [0.2, 0.25) is 0 Å². The van der Waals surface area contributed by atoms with Crippen molar-refractivity contribution in [3.05, 3.63) is 29.8 Å². The molecule has 2 N–H and O–H groups in total. The second kappa shape index (κ2) is 7.96. The van der Waals surface area contributed by atoms with Gasteiger partial charge in [0, 0.05) is 13.6 Å². The highest BCUT2D eigenvalue weighted by molar-refractivity contribution is 7.92. The molecule has 1 amide bonds. The molecular weight excluding hydrogens is 320 g/mol. The number of carboxylic acids is 1. The van der Waals surface area contributed by atoms with Crippen molar-refractivity contribution in [1.29, 1.82) is 0 Å². The summed E-state index contributed by atoms with van der Waals surface area (Å²) in [7, 11) is -2.03. The highest BCUT2D eigenvalue weighted by atomic mass is 32.2. The molecule has 0 saturated carbocycles. The quantitative estimate of drug-likeness (QED) is 0.747. The number of hydrogen-bond acceptors (Lipinski definition) is 4. The molecule has 0 spiro atoms. The van der Waals surface area contributed by atoms with Crippen LogP contribution in [0.1, 0.15) is 30.6 Å². The number of para-hydroxylation sites is 1. The zero-order valence-corrected chi connectivity index (χ0v) is 14.3. The number of aliphatic carboxylic acids is 1. The Morgan fingerprint density at radius 1 is 1.30 bits per heavy atom. The van der Waals surface area contributed by atoms with Crippen LogP contribution in [0, 0.1) is 5.92 Å². The standard InChI is InChI=1S/C15H22N2O5S/c1-4-9-23(21,22)16-13-8-6-5-7-12(13)14(18)17(3)10-11(2)15(19)20/h5-8,11,16H,4,9-10H2,1-3H3,(H,19,20). The van der Waals surface area contributed by atoms with Crippen LogP contribution in [0.15, 0.2) is 24.3 Å². The van der Waals surface area contributed by atoms with Gasteiger partial charge < -0.3 is 10.0 Å².